The van der Waals surface area contributed by atoms with Crippen molar-refractivity contribution in [2.75, 3.05) is 37.6 Å². The third-order valence-electron chi connectivity index (χ3n) is 4.57. The summed E-state index contributed by atoms with van der Waals surface area (Å²) in [5, 5.41) is 0. The van der Waals surface area contributed by atoms with Gasteiger partial charge in [0, 0.05) is 50.4 Å². The predicted octanol–water partition coefficient (Wildman–Crippen LogP) is 4.52. The number of Topliss-reactive ketones (excluding diaryl/α,β-unsaturated/α-hetero) is 1. The van der Waals surface area contributed by atoms with Crippen molar-refractivity contribution in [3.63, 3.8) is 0 Å². The van der Waals surface area contributed by atoms with E-state index in [9.17, 15) is 4.79 Å². The molecule has 1 saturated heterocycles. The number of carbonyl (C=O) groups excluding carboxylic acids is 1. The van der Waals surface area contributed by atoms with E-state index in [2.05, 4.69) is 43.6 Å². The Hall–Kier alpha value is -0.770. The van der Waals surface area contributed by atoms with Crippen molar-refractivity contribution in [1.29, 1.82) is 0 Å². The highest BCUT2D eigenvalue weighted by Crippen LogP contribution is 2.29. The zero-order valence-corrected chi connectivity index (χ0v) is 17.2. The van der Waals surface area contributed by atoms with Crippen LogP contribution >= 0.6 is 24.8 Å². The summed E-state index contributed by atoms with van der Waals surface area (Å²) in [5.41, 5.74) is 4.61. The number of ketones is 1. The Kier molecular flexibility index (Phi) is 9.94. The second-order valence-corrected chi connectivity index (χ2v) is 6.86. The molecule has 0 atom stereocenters. The topological polar surface area (TPSA) is 23.6 Å². The van der Waals surface area contributed by atoms with Crippen LogP contribution in [0.25, 0.3) is 0 Å². The van der Waals surface area contributed by atoms with Crippen LogP contribution < -0.4 is 4.90 Å². The van der Waals surface area contributed by atoms with Crippen LogP contribution in [0.4, 0.5) is 5.69 Å². The van der Waals surface area contributed by atoms with E-state index >= 15 is 0 Å². The summed E-state index contributed by atoms with van der Waals surface area (Å²) >= 11 is 0. The average molecular weight is 375 g/mol. The van der Waals surface area contributed by atoms with Crippen LogP contribution in [0.1, 0.15) is 48.7 Å². The molecular weight excluding hydrogens is 343 g/mol. The third kappa shape index (κ3) is 5.37. The molecule has 0 unspecified atom stereocenters. The summed E-state index contributed by atoms with van der Waals surface area (Å²) in [6, 6.07) is 4.10. The van der Waals surface area contributed by atoms with Gasteiger partial charge in [0.05, 0.1) is 0 Å². The lowest BCUT2D eigenvalue weighted by atomic mass is 9.97. The molecule has 0 saturated carbocycles. The van der Waals surface area contributed by atoms with Crippen LogP contribution in [-0.2, 0) is 0 Å². The lowest BCUT2D eigenvalue weighted by molar-refractivity contribution is 0.0987. The number of piperazine rings is 1. The van der Waals surface area contributed by atoms with Crippen molar-refractivity contribution in [2.45, 2.75) is 41.0 Å². The van der Waals surface area contributed by atoms with E-state index in [1.165, 1.54) is 17.8 Å². The van der Waals surface area contributed by atoms with Crippen molar-refractivity contribution in [1.82, 2.24) is 4.90 Å². The number of anilines is 1. The monoisotopic (exact) mass is 374 g/mol. The Bertz CT molecular complexity index is 538. The van der Waals surface area contributed by atoms with E-state index in [0.717, 1.165) is 43.2 Å². The van der Waals surface area contributed by atoms with Crippen molar-refractivity contribution >= 4 is 36.3 Å². The Morgan fingerprint density at radius 3 is 2.17 bits per heavy atom. The van der Waals surface area contributed by atoms with Gasteiger partial charge in [-0.05, 0) is 30.9 Å². The minimum atomic E-state index is 0. The van der Waals surface area contributed by atoms with E-state index in [4.69, 9.17) is 0 Å². The van der Waals surface area contributed by atoms with Crippen molar-refractivity contribution in [2.24, 2.45) is 5.92 Å². The molecule has 138 valence electrons. The molecule has 0 radical (unpaired) electrons. The summed E-state index contributed by atoms with van der Waals surface area (Å²) in [7, 11) is 0. The maximum absolute atomic E-state index is 12.1. The van der Waals surface area contributed by atoms with Gasteiger partial charge in [0.25, 0.3) is 0 Å². The summed E-state index contributed by atoms with van der Waals surface area (Å²) < 4.78 is 0. The van der Waals surface area contributed by atoms with Crippen LogP contribution in [0.5, 0.6) is 0 Å². The minimum Gasteiger partial charge on any atom is -0.369 e. The van der Waals surface area contributed by atoms with Crippen LogP contribution in [0.3, 0.4) is 0 Å². The Labute approximate surface area is 159 Å². The predicted molar refractivity (Wildman–Crippen MR) is 109 cm³/mol. The summed E-state index contributed by atoms with van der Waals surface area (Å²) in [4.78, 5) is 17.1. The van der Waals surface area contributed by atoms with Crippen LogP contribution in [-0.4, -0.2) is 43.4 Å². The normalized spacial score (nSPS) is 15.0. The minimum absolute atomic E-state index is 0. The molecule has 3 nitrogen and oxygen atoms in total. The fraction of sp³-hybridized carbons (Fsp3) is 0.632. The van der Waals surface area contributed by atoms with Crippen LogP contribution in [0, 0.1) is 19.8 Å². The number of halogens is 2. The van der Waals surface area contributed by atoms with Gasteiger partial charge in [0.15, 0.2) is 5.78 Å². The first-order chi connectivity index (χ1) is 10.4. The number of carbonyl (C=O) groups is 1. The molecule has 1 aliphatic rings. The molecule has 0 spiro atoms. The molecule has 1 heterocycles. The number of aryl methyl sites for hydroxylation is 1. The van der Waals surface area contributed by atoms with Gasteiger partial charge in [-0.15, -0.1) is 24.8 Å². The van der Waals surface area contributed by atoms with E-state index in [0.29, 0.717) is 6.42 Å². The molecular formula is C19H32Cl2N2O. The molecule has 1 aliphatic heterocycles. The second-order valence-electron chi connectivity index (χ2n) is 6.86. The SMILES string of the molecule is CCC(=O)c1ccc(C)c(N2CCN(CC(C)C)CC2)c1C.Cl.Cl. The van der Waals surface area contributed by atoms with Crippen LogP contribution in [0.15, 0.2) is 12.1 Å². The zero-order valence-electron chi connectivity index (χ0n) is 15.6. The molecule has 1 fully saturated rings. The third-order valence-corrected chi connectivity index (χ3v) is 4.57. The first-order valence-corrected chi connectivity index (χ1v) is 8.54. The van der Waals surface area contributed by atoms with E-state index < -0.39 is 0 Å². The lowest BCUT2D eigenvalue weighted by Crippen LogP contribution is -2.47. The van der Waals surface area contributed by atoms with E-state index in [-0.39, 0.29) is 30.6 Å². The molecule has 0 aromatic heterocycles. The van der Waals surface area contributed by atoms with Gasteiger partial charge in [-0.2, -0.15) is 0 Å². The first-order valence-electron chi connectivity index (χ1n) is 8.54. The highest BCUT2D eigenvalue weighted by atomic mass is 35.5. The van der Waals surface area contributed by atoms with Crippen molar-refractivity contribution in [3.8, 4) is 0 Å². The molecule has 0 N–H and O–H groups in total. The van der Waals surface area contributed by atoms with Gasteiger partial charge >= 0.3 is 0 Å². The maximum atomic E-state index is 12.1. The molecule has 0 aliphatic carbocycles. The molecule has 5 heteroatoms. The second kappa shape index (κ2) is 10.3. The summed E-state index contributed by atoms with van der Waals surface area (Å²) in [6.45, 7) is 16.3. The number of rotatable bonds is 5. The maximum Gasteiger partial charge on any atom is 0.162 e. The summed E-state index contributed by atoms with van der Waals surface area (Å²) in [5.74, 6) is 0.970. The quantitative estimate of drug-likeness (QED) is 0.707. The van der Waals surface area contributed by atoms with E-state index in [1.807, 2.05) is 13.0 Å². The van der Waals surface area contributed by atoms with Gasteiger partial charge in [-0.1, -0.05) is 32.9 Å². The number of hydrogen-bond donors (Lipinski definition) is 0. The molecule has 1 aromatic rings. The highest BCUT2D eigenvalue weighted by Gasteiger charge is 2.22. The fourth-order valence-corrected chi connectivity index (χ4v) is 3.49. The number of hydrogen-bond acceptors (Lipinski definition) is 3. The Morgan fingerprint density at radius 1 is 1.08 bits per heavy atom. The van der Waals surface area contributed by atoms with Crippen LogP contribution in [0.2, 0.25) is 0 Å². The van der Waals surface area contributed by atoms with Gasteiger partial charge in [-0.25, -0.2) is 0 Å². The molecule has 2 rings (SSSR count). The van der Waals surface area contributed by atoms with Gasteiger partial charge < -0.3 is 4.90 Å². The molecule has 1 aromatic carbocycles. The van der Waals surface area contributed by atoms with Crippen molar-refractivity contribution < 1.29 is 4.79 Å². The van der Waals surface area contributed by atoms with Crippen molar-refractivity contribution in [3.05, 3.63) is 28.8 Å². The lowest BCUT2D eigenvalue weighted by Gasteiger charge is -2.38. The largest absolute Gasteiger partial charge is 0.369 e. The molecule has 0 amide bonds. The Balaban J connectivity index is 0.00000264. The smallest absolute Gasteiger partial charge is 0.162 e. The van der Waals surface area contributed by atoms with E-state index in [1.54, 1.807) is 0 Å². The number of nitrogens with zero attached hydrogens (tertiary/aromatic N) is 2. The average Bonchev–Trinajstić information content (AvgIpc) is 2.48. The highest BCUT2D eigenvalue weighted by molar-refractivity contribution is 5.98. The molecule has 0 bridgehead atoms. The Morgan fingerprint density at radius 2 is 1.67 bits per heavy atom. The van der Waals surface area contributed by atoms with Gasteiger partial charge in [0.2, 0.25) is 0 Å². The molecule has 24 heavy (non-hydrogen) atoms. The number of benzene rings is 1. The summed E-state index contributed by atoms with van der Waals surface area (Å²) in [6.07, 6.45) is 0.575. The first kappa shape index (κ1) is 23.2. The standard InChI is InChI=1S/C19H30N2O.2ClH/c1-6-18(22)17-8-7-15(4)19(16(17)5)21-11-9-20(10-12-21)13-14(2)3;;/h7-8,14H,6,9-13H2,1-5H3;2*1H. The fourth-order valence-electron chi connectivity index (χ4n) is 3.49. The van der Waals surface area contributed by atoms with Gasteiger partial charge in [-0.3, -0.25) is 9.69 Å². The van der Waals surface area contributed by atoms with Gasteiger partial charge in [0.1, 0.15) is 0 Å². The zero-order chi connectivity index (χ0) is 16.3.